The first-order chi connectivity index (χ1) is 32.0. The number of rotatable bonds is 42. The van der Waals surface area contributed by atoms with Crippen molar-refractivity contribution in [2.24, 2.45) is 17.8 Å². The summed E-state index contributed by atoms with van der Waals surface area (Å²) in [5.41, 5.74) is 0. The molecule has 1 saturated carbocycles. The lowest BCUT2D eigenvalue weighted by atomic mass is 9.88. The monoisotopic (exact) mass is 908 g/mol. The van der Waals surface area contributed by atoms with Gasteiger partial charge in [-0.15, -0.1) is 0 Å². The van der Waals surface area contributed by atoms with E-state index in [9.17, 15) is 9.59 Å². The molecule has 0 aromatic rings. The molecule has 1 heterocycles. The van der Waals surface area contributed by atoms with Crippen LogP contribution in [-0.2, 0) is 28.5 Å². The lowest BCUT2D eigenvalue weighted by Crippen LogP contribution is -2.36. The maximum absolute atomic E-state index is 13.4. The standard InChI is InChI=1S/C58H101NO6/c1-5-8-11-13-15-17-19-21-23-25-27-29-31-33-35-38-47-62-50-54(63-48-39-36-34-32-30-28-26-24-22-20-18-16-14-12-9-6-2)51-64-57(60)49-53-41-42-56(55(53)40-37-10-7-3)65-58(61)52-43-45-59(4)46-44-52/h10,15-18,21-24,37,52-56H,5-9,11-14,19-20,25-36,38-51H2,1-4H3/b17-15-,18-16-,23-21-,24-22-,37-10-. The summed E-state index contributed by atoms with van der Waals surface area (Å²) in [6, 6.07) is 0. The molecule has 65 heavy (non-hydrogen) atoms. The lowest BCUT2D eigenvalue weighted by molar-refractivity contribution is -0.158. The summed E-state index contributed by atoms with van der Waals surface area (Å²) in [7, 11) is 2.11. The third-order valence-electron chi connectivity index (χ3n) is 13.4. The molecular formula is C58H101NO6. The zero-order chi connectivity index (χ0) is 46.7. The maximum Gasteiger partial charge on any atom is 0.309 e. The Hall–Kier alpha value is -2.48. The van der Waals surface area contributed by atoms with Gasteiger partial charge in [0.25, 0.3) is 0 Å². The van der Waals surface area contributed by atoms with Gasteiger partial charge in [-0.1, -0.05) is 159 Å². The molecule has 2 aliphatic rings. The molecule has 1 aliphatic heterocycles. The van der Waals surface area contributed by atoms with E-state index < -0.39 is 0 Å². The first-order valence-electron chi connectivity index (χ1n) is 27.5. The van der Waals surface area contributed by atoms with Crippen molar-refractivity contribution in [3.8, 4) is 0 Å². The van der Waals surface area contributed by atoms with E-state index in [1.165, 1.54) is 122 Å². The van der Waals surface area contributed by atoms with Crippen molar-refractivity contribution in [1.82, 2.24) is 4.90 Å². The summed E-state index contributed by atoms with van der Waals surface area (Å²) in [6.07, 6.45) is 57.4. The number of carbonyl (C=O) groups excluding carboxylic acids is 2. The Labute approximate surface area is 401 Å². The molecule has 1 aliphatic carbocycles. The minimum Gasteiger partial charge on any atom is -0.463 e. The van der Waals surface area contributed by atoms with E-state index >= 15 is 0 Å². The largest absolute Gasteiger partial charge is 0.463 e. The lowest BCUT2D eigenvalue weighted by Gasteiger charge is -2.30. The molecule has 1 saturated heterocycles. The number of piperidine rings is 1. The van der Waals surface area contributed by atoms with Gasteiger partial charge in [0.2, 0.25) is 0 Å². The number of allylic oxidation sites excluding steroid dienone is 10. The smallest absolute Gasteiger partial charge is 0.309 e. The Kier molecular flexibility index (Phi) is 38.7. The van der Waals surface area contributed by atoms with Gasteiger partial charge in [-0.3, -0.25) is 9.59 Å². The number of unbranched alkanes of at least 4 members (excludes halogenated alkanes) is 18. The van der Waals surface area contributed by atoms with Crippen LogP contribution in [0.25, 0.3) is 0 Å². The Morgan fingerprint density at radius 2 is 1.09 bits per heavy atom. The molecule has 4 unspecified atom stereocenters. The Morgan fingerprint density at radius 3 is 1.65 bits per heavy atom. The minimum atomic E-state index is -0.267. The predicted molar refractivity (Wildman–Crippen MR) is 275 cm³/mol. The van der Waals surface area contributed by atoms with E-state index in [0.717, 1.165) is 83.7 Å². The first kappa shape index (κ1) is 58.6. The second-order valence-corrected chi connectivity index (χ2v) is 19.3. The van der Waals surface area contributed by atoms with Gasteiger partial charge in [0.15, 0.2) is 0 Å². The molecule has 0 radical (unpaired) electrons. The fourth-order valence-electron chi connectivity index (χ4n) is 9.11. The number of ether oxygens (including phenoxy) is 4. The summed E-state index contributed by atoms with van der Waals surface area (Å²) in [4.78, 5) is 28.9. The second-order valence-electron chi connectivity index (χ2n) is 19.3. The molecule has 0 spiro atoms. The molecule has 0 aromatic heterocycles. The van der Waals surface area contributed by atoms with Crippen molar-refractivity contribution in [1.29, 1.82) is 0 Å². The number of nitrogens with zero attached hydrogens (tertiary/aromatic N) is 1. The Morgan fingerprint density at radius 1 is 0.569 bits per heavy atom. The molecule has 2 fully saturated rings. The quantitative estimate of drug-likeness (QED) is 0.0343. The van der Waals surface area contributed by atoms with Crippen molar-refractivity contribution in [3.05, 3.63) is 60.8 Å². The zero-order valence-corrected chi connectivity index (χ0v) is 42.7. The van der Waals surface area contributed by atoms with E-state index in [2.05, 4.69) is 93.5 Å². The zero-order valence-electron chi connectivity index (χ0n) is 42.7. The number of hydrogen-bond acceptors (Lipinski definition) is 7. The van der Waals surface area contributed by atoms with Gasteiger partial charge in [-0.2, -0.15) is 0 Å². The second kappa shape index (κ2) is 42.8. The minimum absolute atomic E-state index is 0.0171. The first-order valence-corrected chi connectivity index (χ1v) is 27.5. The maximum atomic E-state index is 13.4. The van der Waals surface area contributed by atoms with Gasteiger partial charge in [0.05, 0.1) is 12.5 Å². The van der Waals surface area contributed by atoms with Crippen molar-refractivity contribution < 1.29 is 28.5 Å². The molecule has 7 heteroatoms. The highest BCUT2D eigenvalue weighted by molar-refractivity contribution is 5.73. The van der Waals surface area contributed by atoms with Gasteiger partial charge < -0.3 is 23.8 Å². The molecule has 0 aromatic carbocycles. The van der Waals surface area contributed by atoms with Gasteiger partial charge in [0.1, 0.15) is 18.8 Å². The van der Waals surface area contributed by atoms with E-state index in [-0.39, 0.29) is 48.5 Å². The van der Waals surface area contributed by atoms with Gasteiger partial charge in [0, 0.05) is 25.6 Å². The summed E-state index contributed by atoms with van der Waals surface area (Å²) in [5, 5.41) is 0. The topological polar surface area (TPSA) is 74.3 Å². The van der Waals surface area contributed by atoms with Crippen LogP contribution in [0.15, 0.2) is 60.8 Å². The Bertz CT molecular complexity index is 1260. The summed E-state index contributed by atoms with van der Waals surface area (Å²) in [5.74, 6) is 0.0164. The molecule has 7 nitrogen and oxygen atoms in total. The van der Waals surface area contributed by atoms with Crippen LogP contribution in [0.5, 0.6) is 0 Å². The number of carbonyl (C=O) groups is 2. The SMILES string of the molecule is CC/C=C\CC1C(CC(=O)OCC(COCCCCCCCC/C=C\C/C=C\CCCCC)OCCCCCCCC/C=C\C/C=C\CCCCC)CCC1OC(=O)C1CCN(C)CC1. The van der Waals surface area contributed by atoms with E-state index in [1.54, 1.807) is 0 Å². The van der Waals surface area contributed by atoms with Crippen LogP contribution in [-0.4, -0.2) is 75.6 Å². The number of likely N-dealkylation sites (tertiary alicyclic amines) is 1. The van der Waals surface area contributed by atoms with Crippen molar-refractivity contribution in [3.63, 3.8) is 0 Å². The van der Waals surface area contributed by atoms with Gasteiger partial charge >= 0.3 is 11.9 Å². The van der Waals surface area contributed by atoms with Crippen LogP contribution in [0.1, 0.15) is 220 Å². The van der Waals surface area contributed by atoms with Crippen LogP contribution in [0, 0.1) is 17.8 Å². The highest BCUT2D eigenvalue weighted by Crippen LogP contribution is 2.40. The van der Waals surface area contributed by atoms with E-state index in [0.29, 0.717) is 26.2 Å². The highest BCUT2D eigenvalue weighted by Gasteiger charge is 2.40. The van der Waals surface area contributed by atoms with Crippen molar-refractivity contribution in [2.45, 2.75) is 232 Å². The predicted octanol–water partition coefficient (Wildman–Crippen LogP) is 15.6. The molecule has 4 atom stereocenters. The van der Waals surface area contributed by atoms with Crippen molar-refractivity contribution >= 4 is 11.9 Å². The van der Waals surface area contributed by atoms with E-state index in [1.807, 2.05) is 0 Å². The summed E-state index contributed by atoms with van der Waals surface area (Å²) >= 11 is 0. The van der Waals surface area contributed by atoms with Crippen molar-refractivity contribution in [2.75, 3.05) is 46.6 Å². The number of esters is 2. The van der Waals surface area contributed by atoms with Crippen LogP contribution < -0.4 is 0 Å². The third kappa shape index (κ3) is 32.8. The summed E-state index contributed by atoms with van der Waals surface area (Å²) < 4.78 is 24.6. The average Bonchev–Trinajstić information content (AvgIpc) is 3.67. The van der Waals surface area contributed by atoms with Gasteiger partial charge in [-0.05, 0) is 142 Å². The summed E-state index contributed by atoms with van der Waals surface area (Å²) in [6.45, 7) is 10.5. The fraction of sp³-hybridized carbons (Fsp3) is 0.793. The number of hydrogen-bond donors (Lipinski definition) is 0. The normalized spacial score (nSPS) is 19.3. The third-order valence-corrected chi connectivity index (χ3v) is 13.4. The van der Waals surface area contributed by atoms with Crippen LogP contribution in [0.4, 0.5) is 0 Å². The van der Waals surface area contributed by atoms with Crippen LogP contribution in [0.2, 0.25) is 0 Å². The average molecular weight is 908 g/mol. The molecule has 0 bridgehead atoms. The van der Waals surface area contributed by atoms with Gasteiger partial charge in [-0.25, -0.2) is 0 Å². The molecule has 374 valence electrons. The fourth-order valence-corrected chi connectivity index (χ4v) is 9.11. The molecule has 0 N–H and O–H groups in total. The molecular weight excluding hydrogens is 807 g/mol. The highest BCUT2D eigenvalue weighted by atomic mass is 16.6. The van der Waals surface area contributed by atoms with E-state index in [4.69, 9.17) is 18.9 Å². The van der Waals surface area contributed by atoms with Crippen LogP contribution in [0.3, 0.4) is 0 Å². The Balaban J connectivity index is 1.73. The molecule has 0 amide bonds. The molecule has 2 rings (SSSR count). The van der Waals surface area contributed by atoms with Crippen LogP contribution >= 0.6 is 0 Å².